The van der Waals surface area contributed by atoms with Gasteiger partial charge in [0.05, 0.1) is 6.10 Å². The number of likely N-dealkylation sites (N-methyl/N-ethyl adjacent to an activating group) is 2. The van der Waals surface area contributed by atoms with Crippen molar-refractivity contribution in [2.45, 2.75) is 43.9 Å². The predicted molar refractivity (Wildman–Crippen MR) is 70.2 cm³/mol. The molecule has 1 heterocycles. The van der Waals surface area contributed by atoms with Crippen LogP contribution in [0.5, 0.6) is 0 Å². The molecule has 0 aromatic heterocycles. The first-order chi connectivity index (χ1) is 8.16. The molecule has 0 amide bonds. The van der Waals surface area contributed by atoms with Crippen LogP contribution in [0.4, 0.5) is 0 Å². The highest BCUT2D eigenvalue weighted by Gasteiger charge is 2.26. The summed E-state index contributed by atoms with van der Waals surface area (Å²) in [5, 5.41) is 13.5. The SMILES string of the molecule is CN1CCN(C)C(CN[C@H]2CCCC[C@@H]2O)C1. The maximum Gasteiger partial charge on any atom is 0.0693 e. The Morgan fingerprint density at radius 2 is 1.94 bits per heavy atom. The zero-order valence-corrected chi connectivity index (χ0v) is 11.2. The number of nitrogens with one attached hydrogen (secondary N) is 1. The number of aliphatic hydroxyl groups is 1. The smallest absolute Gasteiger partial charge is 0.0693 e. The molecular formula is C13H27N3O. The van der Waals surface area contributed by atoms with Crippen molar-refractivity contribution in [3.05, 3.63) is 0 Å². The standard InChI is InChI=1S/C13H27N3O/c1-15-7-8-16(2)11(10-15)9-14-12-5-3-4-6-13(12)17/h11-14,17H,3-10H2,1-2H3/t11?,12-,13-/m0/s1. The van der Waals surface area contributed by atoms with Crippen molar-refractivity contribution >= 4 is 0 Å². The summed E-state index contributed by atoms with van der Waals surface area (Å²) in [6.45, 7) is 4.45. The molecular weight excluding hydrogens is 214 g/mol. The van der Waals surface area contributed by atoms with Crippen LogP contribution in [-0.2, 0) is 0 Å². The van der Waals surface area contributed by atoms with Gasteiger partial charge in [-0.2, -0.15) is 0 Å². The lowest BCUT2D eigenvalue weighted by Crippen LogP contribution is -2.56. The first-order valence-corrected chi connectivity index (χ1v) is 6.97. The Morgan fingerprint density at radius 1 is 1.18 bits per heavy atom. The van der Waals surface area contributed by atoms with E-state index < -0.39 is 0 Å². The molecule has 4 nitrogen and oxygen atoms in total. The maximum absolute atomic E-state index is 9.93. The molecule has 0 bridgehead atoms. The summed E-state index contributed by atoms with van der Waals surface area (Å²) in [4.78, 5) is 4.83. The third kappa shape index (κ3) is 3.65. The molecule has 100 valence electrons. The Morgan fingerprint density at radius 3 is 2.71 bits per heavy atom. The molecule has 1 aliphatic heterocycles. The number of aliphatic hydroxyl groups excluding tert-OH is 1. The second kappa shape index (κ2) is 6.14. The van der Waals surface area contributed by atoms with Crippen molar-refractivity contribution in [3.8, 4) is 0 Å². The highest BCUT2D eigenvalue weighted by molar-refractivity contribution is 4.85. The second-order valence-corrected chi connectivity index (χ2v) is 5.76. The molecule has 0 aromatic rings. The van der Waals surface area contributed by atoms with Crippen LogP contribution < -0.4 is 5.32 Å². The highest BCUT2D eigenvalue weighted by Crippen LogP contribution is 2.18. The molecule has 2 rings (SSSR count). The molecule has 2 N–H and O–H groups in total. The van der Waals surface area contributed by atoms with E-state index in [1.54, 1.807) is 0 Å². The van der Waals surface area contributed by atoms with Gasteiger partial charge < -0.3 is 15.3 Å². The Balaban J connectivity index is 1.76. The van der Waals surface area contributed by atoms with Crippen LogP contribution in [0.15, 0.2) is 0 Å². The fourth-order valence-corrected chi connectivity index (χ4v) is 2.96. The molecule has 0 radical (unpaired) electrons. The number of hydrogen-bond acceptors (Lipinski definition) is 4. The van der Waals surface area contributed by atoms with Crippen LogP contribution in [0.2, 0.25) is 0 Å². The molecule has 1 saturated carbocycles. The fraction of sp³-hybridized carbons (Fsp3) is 1.00. The lowest BCUT2D eigenvalue weighted by molar-refractivity contribution is 0.0735. The first-order valence-electron chi connectivity index (χ1n) is 6.97. The van der Waals surface area contributed by atoms with Crippen molar-refractivity contribution < 1.29 is 5.11 Å². The van der Waals surface area contributed by atoms with Crippen molar-refractivity contribution in [1.29, 1.82) is 0 Å². The Kier molecular flexibility index (Phi) is 4.79. The van der Waals surface area contributed by atoms with Crippen molar-refractivity contribution in [2.24, 2.45) is 0 Å². The van der Waals surface area contributed by atoms with Crippen LogP contribution in [0, 0.1) is 0 Å². The van der Waals surface area contributed by atoms with Crippen molar-refractivity contribution in [2.75, 3.05) is 40.3 Å². The molecule has 0 aromatic carbocycles. The predicted octanol–water partition coefficient (Wildman–Crippen LogP) is 0.125. The zero-order chi connectivity index (χ0) is 12.3. The van der Waals surface area contributed by atoms with E-state index in [2.05, 4.69) is 29.2 Å². The van der Waals surface area contributed by atoms with Gasteiger partial charge in [-0.15, -0.1) is 0 Å². The number of nitrogens with zero attached hydrogens (tertiary/aromatic N) is 2. The summed E-state index contributed by atoms with van der Waals surface area (Å²) < 4.78 is 0. The van der Waals surface area contributed by atoms with Crippen LogP contribution in [0.3, 0.4) is 0 Å². The molecule has 3 atom stereocenters. The molecule has 1 unspecified atom stereocenters. The van der Waals surface area contributed by atoms with Gasteiger partial charge in [-0.05, 0) is 26.9 Å². The molecule has 2 aliphatic rings. The minimum absolute atomic E-state index is 0.129. The summed E-state index contributed by atoms with van der Waals surface area (Å²) in [5.74, 6) is 0. The number of hydrogen-bond donors (Lipinski definition) is 2. The zero-order valence-electron chi connectivity index (χ0n) is 11.2. The largest absolute Gasteiger partial charge is 0.392 e. The van der Waals surface area contributed by atoms with Gasteiger partial charge in [0.25, 0.3) is 0 Å². The van der Waals surface area contributed by atoms with Gasteiger partial charge in [-0.3, -0.25) is 4.90 Å². The topological polar surface area (TPSA) is 38.7 Å². The van der Waals surface area contributed by atoms with Gasteiger partial charge in [0.15, 0.2) is 0 Å². The Hall–Kier alpha value is -0.160. The van der Waals surface area contributed by atoms with E-state index in [1.165, 1.54) is 19.4 Å². The number of rotatable bonds is 3. The van der Waals surface area contributed by atoms with Crippen LogP contribution >= 0.6 is 0 Å². The van der Waals surface area contributed by atoms with Gasteiger partial charge in [0, 0.05) is 38.3 Å². The molecule has 4 heteroatoms. The summed E-state index contributed by atoms with van der Waals surface area (Å²) in [7, 11) is 4.39. The van der Waals surface area contributed by atoms with E-state index in [0.29, 0.717) is 12.1 Å². The van der Waals surface area contributed by atoms with Gasteiger partial charge in [-0.1, -0.05) is 12.8 Å². The second-order valence-electron chi connectivity index (χ2n) is 5.76. The minimum Gasteiger partial charge on any atom is -0.392 e. The minimum atomic E-state index is -0.129. The fourth-order valence-electron chi connectivity index (χ4n) is 2.96. The molecule has 1 saturated heterocycles. The van der Waals surface area contributed by atoms with E-state index in [0.717, 1.165) is 32.5 Å². The Labute approximate surface area is 105 Å². The summed E-state index contributed by atoms with van der Waals surface area (Å²) in [6, 6.07) is 0.909. The maximum atomic E-state index is 9.93. The van der Waals surface area contributed by atoms with E-state index in [9.17, 15) is 5.11 Å². The summed E-state index contributed by atoms with van der Waals surface area (Å²) >= 11 is 0. The van der Waals surface area contributed by atoms with E-state index >= 15 is 0 Å². The third-order valence-corrected chi connectivity index (χ3v) is 4.33. The van der Waals surface area contributed by atoms with Crippen LogP contribution in [-0.4, -0.2) is 73.4 Å². The van der Waals surface area contributed by atoms with E-state index in [1.807, 2.05) is 0 Å². The average Bonchev–Trinajstić information content (AvgIpc) is 2.32. The molecule has 17 heavy (non-hydrogen) atoms. The van der Waals surface area contributed by atoms with Crippen LogP contribution in [0.1, 0.15) is 25.7 Å². The number of piperazine rings is 1. The van der Waals surface area contributed by atoms with Gasteiger partial charge in [0.1, 0.15) is 0 Å². The lowest BCUT2D eigenvalue weighted by Gasteiger charge is -2.39. The normalized spacial score (nSPS) is 37.2. The van der Waals surface area contributed by atoms with Crippen molar-refractivity contribution in [1.82, 2.24) is 15.1 Å². The van der Waals surface area contributed by atoms with Crippen molar-refractivity contribution in [3.63, 3.8) is 0 Å². The van der Waals surface area contributed by atoms with Gasteiger partial charge in [0.2, 0.25) is 0 Å². The third-order valence-electron chi connectivity index (χ3n) is 4.33. The monoisotopic (exact) mass is 241 g/mol. The summed E-state index contributed by atoms with van der Waals surface area (Å²) in [5.41, 5.74) is 0. The highest BCUT2D eigenvalue weighted by atomic mass is 16.3. The molecule has 2 fully saturated rings. The van der Waals surface area contributed by atoms with Gasteiger partial charge in [-0.25, -0.2) is 0 Å². The lowest BCUT2D eigenvalue weighted by atomic mass is 9.92. The van der Waals surface area contributed by atoms with Crippen LogP contribution in [0.25, 0.3) is 0 Å². The summed E-state index contributed by atoms with van der Waals surface area (Å²) in [6.07, 6.45) is 4.42. The van der Waals surface area contributed by atoms with E-state index in [-0.39, 0.29) is 6.10 Å². The average molecular weight is 241 g/mol. The molecule has 0 spiro atoms. The van der Waals surface area contributed by atoms with Gasteiger partial charge >= 0.3 is 0 Å². The Bertz CT molecular complexity index is 237. The quantitative estimate of drug-likeness (QED) is 0.736. The first kappa shape index (κ1) is 13.3. The van der Waals surface area contributed by atoms with E-state index in [4.69, 9.17) is 0 Å². The molecule has 1 aliphatic carbocycles.